The molecule has 0 amide bonds. The van der Waals surface area contributed by atoms with Gasteiger partial charge in [-0.25, -0.2) is 0 Å². The zero-order valence-corrected chi connectivity index (χ0v) is 9.52. The average Bonchev–Trinajstić information content (AvgIpc) is 2.28. The molecule has 0 bridgehead atoms. The molecule has 0 aromatic heterocycles. The standard InChI is InChI=1S/C10H21N3O2/c1-8(10(11)12-14)13(2)7-9-3-5-15-6-4-9/h8-9,14H,3-7H2,1-2H3,(H2,11,12). The zero-order chi connectivity index (χ0) is 11.3. The van der Waals surface area contributed by atoms with Gasteiger partial charge in [0.05, 0.1) is 6.04 Å². The number of hydrogen-bond donors (Lipinski definition) is 2. The first kappa shape index (κ1) is 12.3. The highest BCUT2D eigenvalue weighted by molar-refractivity contribution is 5.84. The average molecular weight is 215 g/mol. The summed E-state index contributed by atoms with van der Waals surface area (Å²) in [4.78, 5) is 2.12. The van der Waals surface area contributed by atoms with Crippen LogP contribution in [0, 0.1) is 5.92 Å². The lowest BCUT2D eigenvalue weighted by atomic mass is 9.99. The van der Waals surface area contributed by atoms with Crippen LogP contribution in [0.15, 0.2) is 5.16 Å². The van der Waals surface area contributed by atoms with Crippen molar-refractivity contribution in [2.24, 2.45) is 16.8 Å². The minimum absolute atomic E-state index is 0.0159. The van der Waals surface area contributed by atoms with E-state index in [1.165, 1.54) is 0 Å². The van der Waals surface area contributed by atoms with Crippen molar-refractivity contribution in [1.29, 1.82) is 0 Å². The predicted molar refractivity (Wildman–Crippen MR) is 59.0 cm³/mol. The maximum Gasteiger partial charge on any atom is 0.156 e. The van der Waals surface area contributed by atoms with E-state index in [-0.39, 0.29) is 11.9 Å². The third-order valence-corrected chi connectivity index (χ3v) is 3.09. The Labute approximate surface area is 90.9 Å². The summed E-state index contributed by atoms with van der Waals surface area (Å²) >= 11 is 0. The molecule has 1 heterocycles. The monoisotopic (exact) mass is 215 g/mol. The minimum atomic E-state index is -0.0159. The van der Waals surface area contributed by atoms with Crippen LogP contribution in [-0.2, 0) is 4.74 Å². The van der Waals surface area contributed by atoms with Gasteiger partial charge in [-0.3, -0.25) is 4.90 Å². The van der Waals surface area contributed by atoms with Crippen LogP contribution < -0.4 is 5.73 Å². The van der Waals surface area contributed by atoms with Gasteiger partial charge in [0.2, 0.25) is 0 Å². The van der Waals surface area contributed by atoms with Crippen molar-refractivity contribution in [2.75, 3.05) is 26.8 Å². The summed E-state index contributed by atoms with van der Waals surface area (Å²) in [6.07, 6.45) is 2.21. The van der Waals surface area contributed by atoms with Gasteiger partial charge in [-0.15, -0.1) is 0 Å². The fraction of sp³-hybridized carbons (Fsp3) is 0.900. The predicted octanol–water partition coefficient (Wildman–Crippen LogP) is 0.480. The molecule has 88 valence electrons. The Kier molecular flexibility index (Phi) is 4.84. The van der Waals surface area contributed by atoms with Gasteiger partial charge in [0.15, 0.2) is 5.84 Å². The van der Waals surface area contributed by atoms with Crippen molar-refractivity contribution in [3.8, 4) is 0 Å². The Balaban J connectivity index is 2.36. The van der Waals surface area contributed by atoms with Crippen LogP contribution in [0.1, 0.15) is 19.8 Å². The molecule has 1 atom stereocenters. The number of nitrogens with two attached hydrogens (primary N) is 1. The first-order valence-electron chi connectivity index (χ1n) is 5.40. The lowest BCUT2D eigenvalue weighted by Crippen LogP contribution is -2.43. The highest BCUT2D eigenvalue weighted by Gasteiger charge is 2.20. The number of likely N-dealkylation sites (N-methyl/N-ethyl adjacent to an activating group) is 1. The molecule has 15 heavy (non-hydrogen) atoms. The van der Waals surface area contributed by atoms with E-state index in [0.717, 1.165) is 32.6 Å². The number of nitrogens with zero attached hydrogens (tertiary/aromatic N) is 2. The van der Waals surface area contributed by atoms with Crippen molar-refractivity contribution >= 4 is 5.84 Å². The quantitative estimate of drug-likeness (QED) is 0.310. The second kappa shape index (κ2) is 5.92. The van der Waals surface area contributed by atoms with Crippen molar-refractivity contribution in [3.05, 3.63) is 0 Å². The van der Waals surface area contributed by atoms with Crippen molar-refractivity contribution in [3.63, 3.8) is 0 Å². The first-order valence-corrected chi connectivity index (χ1v) is 5.40. The lowest BCUT2D eigenvalue weighted by molar-refractivity contribution is 0.0542. The Bertz CT molecular complexity index is 215. The molecule has 0 aliphatic carbocycles. The van der Waals surface area contributed by atoms with Crippen LogP contribution in [0.2, 0.25) is 0 Å². The molecule has 1 rings (SSSR count). The minimum Gasteiger partial charge on any atom is -0.409 e. The van der Waals surface area contributed by atoms with E-state index in [1.807, 2.05) is 14.0 Å². The smallest absolute Gasteiger partial charge is 0.156 e. The first-order chi connectivity index (χ1) is 7.15. The summed E-state index contributed by atoms with van der Waals surface area (Å²) in [5, 5.41) is 11.6. The van der Waals surface area contributed by atoms with Gasteiger partial charge >= 0.3 is 0 Å². The Morgan fingerprint density at radius 2 is 2.20 bits per heavy atom. The third-order valence-electron chi connectivity index (χ3n) is 3.09. The number of hydrogen-bond acceptors (Lipinski definition) is 4. The molecule has 1 unspecified atom stereocenters. The summed E-state index contributed by atoms with van der Waals surface area (Å²) in [6, 6.07) is -0.0159. The van der Waals surface area contributed by atoms with Gasteiger partial charge in [0.25, 0.3) is 0 Å². The number of oxime groups is 1. The molecule has 0 radical (unpaired) electrons. The van der Waals surface area contributed by atoms with Gasteiger partial charge in [-0.1, -0.05) is 5.16 Å². The molecule has 1 saturated heterocycles. The number of amidine groups is 1. The van der Waals surface area contributed by atoms with E-state index in [4.69, 9.17) is 15.7 Å². The van der Waals surface area contributed by atoms with E-state index >= 15 is 0 Å². The summed E-state index contributed by atoms with van der Waals surface area (Å²) in [6.45, 7) is 4.63. The fourth-order valence-corrected chi connectivity index (χ4v) is 1.80. The summed E-state index contributed by atoms with van der Waals surface area (Å²) in [5.41, 5.74) is 5.56. The van der Waals surface area contributed by atoms with Crippen molar-refractivity contribution in [2.45, 2.75) is 25.8 Å². The summed E-state index contributed by atoms with van der Waals surface area (Å²) < 4.78 is 5.30. The topological polar surface area (TPSA) is 71.1 Å². The highest BCUT2D eigenvalue weighted by atomic mass is 16.5. The zero-order valence-electron chi connectivity index (χ0n) is 9.52. The highest BCUT2D eigenvalue weighted by Crippen LogP contribution is 2.16. The van der Waals surface area contributed by atoms with Crippen LogP contribution in [0.5, 0.6) is 0 Å². The van der Waals surface area contributed by atoms with Crippen LogP contribution in [0.25, 0.3) is 0 Å². The molecular weight excluding hydrogens is 194 g/mol. The Morgan fingerprint density at radius 1 is 1.60 bits per heavy atom. The van der Waals surface area contributed by atoms with E-state index in [0.29, 0.717) is 5.92 Å². The SMILES string of the molecule is CC(C(N)=NO)N(C)CC1CCOCC1. The van der Waals surface area contributed by atoms with Crippen LogP contribution in [0.3, 0.4) is 0 Å². The fourth-order valence-electron chi connectivity index (χ4n) is 1.80. The molecule has 0 aromatic rings. The van der Waals surface area contributed by atoms with Crippen molar-refractivity contribution < 1.29 is 9.94 Å². The van der Waals surface area contributed by atoms with Gasteiger partial charge in [0, 0.05) is 19.8 Å². The lowest BCUT2D eigenvalue weighted by Gasteiger charge is -2.30. The molecule has 1 fully saturated rings. The normalized spacial score (nSPS) is 21.9. The van der Waals surface area contributed by atoms with Crippen molar-refractivity contribution in [1.82, 2.24) is 4.90 Å². The maximum atomic E-state index is 8.58. The second-order valence-corrected chi connectivity index (χ2v) is 4.20. The number of ether oxygens (including phenoxy) is 1. The molecule has 1 aliphatic rings. The second-order valence-electron chi connectivity index (χ2n) is 4.20. The summed E-state index contributed by atoms with van der Waals surface area (Å²) in [5.74, 6) is 0.933. The van der Waals surface area contributed by atoms with Gasteiger partial charge < -0.3 is 15.7 Å². The van der Waals surface area contributed by atoms with Gasteiger partial charge in [-0.05, 0) is 32.7 Å². The van der Waals surface area contributed by atoms with Crippen LogP contribution in [0.4, 0.5) is 0 Å². The van der Waals surface area contributed by atoms with Crippen LogP contribution >= 0.6 is 0 Å². The number of rotatable bonds is 4. The molecule has 5 heteroatoms. The third kappa shape index (κ3) is 3.68. The Hall–Kier alpha value is -0.810. The van der Waals surface area contributed by atoms with E-state index < -0.39 is 0 Å². The molecule has 0 saturated carbocycles. The van der Waals surface area contributed by atoms with Gasteiger partial charge in [-0.2, -0.15) is 0 Å². The van der Waals surface area contributed by atoms with Crippen LogP contribution in [-0.4, -0.2) is 48.8 Å². The molecule has 0 aromatic carbocycles. The molecule has 5 nitrogen and oxygen atoms in total. The van der Waals surface area contributed by atoms with Gasteiger partial charge in [0.1, 0.15) is 0 Å². The van der Waals surface area contributed by atoms with E-state index in [1.54, 1.807) is 0 Å². The largest absolute Gasteiger partial charge is 0.409 e. The molecule has 0 spiro atoms. The van der Waals surface area contributed by atoms with E-state index in [2.05, 4.69) is 10.1 Å². The molecule has 3 N–H and O–H groups in total. The maximum absolute atomic E-state index is 8.58. The van der Waals surface area contributed by atoms with E-state index in [9.17, 15) is 0 Å². The molecular formula is C10H21N3O2. The Morgan fingerprint density at radius 3 is 2.73 bits per heavy atom. The molecule has 1 aliphatic heterocycles. The summed E-state index contributed by atoms with van der Waals surface area (Å²) in [7, 11) is 2.00.